The van der Waals surface area contributed by atoms with Crippen LogP contribution in [-0.4, -0.2) is 26.5 Å². The van der Waals surface area contributed by atoms with E-state index in [-0.39, 0.29) is 16.4 Å². The van der Waals surface area contributed by atoms with E-state index in [1.165, 1.54) is 0 Å². The van der Waals surface area contributed by atoms with Crippen LogP contribution in [0.4, 0.5) is 4.79 Å². The van der Waals surface area contributed by atoms with Gasteiger partial charge < -0.3 is 9.52 Å². The van der Waals surface area contributed by atoms with E-state index in [0.717, 1.165) is 39.9 Å². The van der Waals surface area contributed by atoms with Gasteiger partial charge >= 0.3 is 0 Å². The number of aromatic nitrogens is 1. The van der Waals surface area contributed by atoms with Crippen molar-refractivity contribution < 1.29 is 19.1 Å². The van der Waals surface area contributed by atoms with Crippen LogP contribution in [0.1, 0.15) is 35.1 Å². The van der Waals surface area contributed by atoms with Crippen LogP contribution in [0.3, 0.4) is 0 Å². The number of carbonyl (C=O) groups is 2. The Labute approximate surface area is 178 Å². The molecule has 154 valence electrons. The topological polar surface area (TPSA) is 92.4 Å². The van der Waals surface area contributed by atoms with Crippen LogP contribution in [0.2, 0.25) is 0 Å². The molecule has 30 heavy (non-hydrogen) atoms. The number of aryl methyl sites for hydroxylation is 2. The fourth-order valence-corrected chi connectivity index (χ4v) is 4.28. The lowest BCUT2D eigenvalue weighted by molar-refractivity contribution is -0.118. The van der Waals surface area contributed by atoms with Crippen molar-refractivity contribution >= 4 is 22.9 Å². The molecular formula is C23H22N2O4S. The minimum absolute atomic E-state index is 0.244. The number of rotatable bonds is 7. The Bertz CT molecular complexity index is 1050. The van der Waals surface area contributed by atoms with Crippen LogP contribution in [0.5, 0.6) is 0 Å². The third kappa shape index (κ3) is 4.63. The van der Waals surface area contributed by atoms with Gasteiger partial charge in [0.15, 0.2) is 0 Å². The van der Waals surface area contributed by atoms with Gasteiger partial charge in [-0.1, -0.05) is 54.2 Å². The normalized spacial score (nSPS) is 17.2. The third-order valence-corrected chi connectivity index (χ3v) is 6.10. The molecule has 2 aromatic carbocycles. The van der Waals surface area contributed by atoms with Gasteiger partial charge in [0.1, 0.15) is 5.76 Å². The molecule has 6 nitrogen and oxygen atoms in total. The van der Waals surface area contributed by atoms with E-state index in [0.29, 0.717) is 25.2 Å². The van der Waals surface area contributed by atoms with Crippen molar-refractivity contribution in [3.8, 4) is 11.5 Å². The van der Waals surface area contributed by atoms with Gasteiger partial charge in [0, 0.05) is 5.56 Å². The van der Waals surface area contributed by atoms with E-state index in [4.69, 9.17) is 4.42 Å². The van der Waals surface area contributed by atoms with Gasteiger partial charge in [-0.3, -0.25) is 14.9 Å². The number of hydrogen-bond acceptors (Lipinski definition) is 6. The summed E-state index contributed by atoms with van der Waals surface area (Å²) in [4.78, 5) is 27.6. The predicted octanol–water partition coefficient (Wildman–Crippen LogP) is 4.21. The lowest BCUT2D eigenvalue weighted by Crippen LogP contribution is -2.25. The first kappa shape index (κ1) is 20.4. The van der Waals surface area contributed by atoms with Crippen molar-refractivity contribution in [3.05, 3.63) is 77.2 Å². The minimum atomic E-state index is -0.624. The van der Waals surface area contributed by atoms with Crippen molar-refractivity contribution in [1.82, 2.24) is 10.3 Å². The van der Waals surface area contributed by atoms with Gasteiger partial charge in [0.25, 0.3) is 5.24 Å². The van der Waals surface area contributed by atoms with Gasteiger partial charge in [-0.25, -0.2) is 4.98 Å². The Morgan fingerprint density at radius 1 is 1.13 bits per heavy atom. The molecule has 2 heterocycles. The monoisotopic (exact) mass is 422 g/mol. The molecule has 1 aliphatic rings. The number of carbonyl (C=O) groups excluding carboxylic acids is 2. The Kier molecular flexibility index (Phi) is 6.01. The minimum Gasteiger partial charge on any atom is -0.441 e. The zero-order valence-electron chi connectivity index (χ0n) is 16.5. The van der Waals surface area contributed by atoms with Crippen molar-refractivity contribution in [1.29, 1.82) is 0 Å². The summed E-state index contributed by atoms with van der Waals surface area (Å²) in [5, 5.41) is 12.2. The quantitative estimate of drug-likeness (QED) is 0.593. The van der Waals surface area contributed by atoms with Crippen LogP contribution in [0.25, 0.3) is 11.5 Å². The van der Waals surface area contributed by atoms with Crippen molar-refractivity contribution in [3.63, 3.8) is 0 Å². The molecule has 0 bridgehead atoms. The maximum absolute atomic E-state index is 11.7. The molecule has 1 aromatic heterocycles. The first-order chi connectivity index (χ1) is 14.5. The van der Waals surface area contributed by atoms with Crippen LogP contribution in [-0.2, 0) is 17.6 Å². The van der Waals surface area contributed by atoms with Gasteiger partial charge in [-0.2, -0.15) is 0 Å². The van der Waals surface area contributed by atoms with E-state index >= 15 is 0 Å². The fraction of sp³-hybridized carbons (Fsp3) is 0.261. The second-order valence-corrected chi connectivity index (χ2v) is 8.45. The first-order valence-electron chi connectivity index (χ1n) is 9.79. The van der Waals surface area contributed by atoms with Crippen LogP contribution in [0.15, 0.2) is 59.0 Å². The maximum Gasteiger partial charge on any atom is 0.286 e. The molecular weight excluding hydrogens is 400 g/mol. The Hall–Kier alpha value is -2.90. The average Bonchev–Trinajstić information content (AvgIpc) is 3.28. The highest BCUT2D eigenvalue weighted by Gasteiger charge is 2.31. The number of nitrogens with zero attached hydrogens (tertiary/aromatic N) is 1. The second kappa shape index (κ2) is 8.85. The number of benzene rings is 2. The highest BCUT2D eigenvalue weighted by atomic mass is 32.2. The lowest BCUT2D eigenvalue weighted by Gasteiger charge is -2.12. The largest absolute Gasteiger partial charge is 0.441 e. The summed E-state index contributed by atoms with van der Waals surface area (Å²) in [5.41, 5.74) is 3.54. The summed E-state index contributed by atoms with van der Waals surface area (Å²) in [5.74, 6) is 1.11. The summed E-state index contributed by atoms with van der Waals surface area (Å²) < 4.78 is 5.78. The molecule has 1 fully saturated rings. The Balaban J connectivity index is 1.35. The van der Waals surface area contributed by atoms with Gasteiger partial charge in [0.2, 0.25) is 11.8 Å². The number of thioether (sulfide) groups is 1. The summed E-state index contributed by atoms with van der Waals surface area (Å²) in [6.45, 7) is 1.89. The van der Waals surface area contributed by atoms with E-state index in [1.54, 1.807) is 0 Å². The van der Waals surface area contributed by atoms with Crippen LogP contribution >= 0.6 is 11.8 Å². The molecule has 2 atom stereocenters. The molecule has 2 amide bonds. The zero-order valence-corrected chi connectivity index (χ0v) is 17.3. The highest BCUT2D eigenvalue weighted by molar-refractivity contribution is 8.15. The van der Waals surface area contributed by atoms with Crippen molar-refractivity contribution in [2.24, 2.45) is 0 Å². The van der Waals surface area contributed by atoms with Crippen molar-refractivity contribution in [2.75, 3.05) is 0 Å². The number of hydrogen-bond donors (Lipinski definition) is 2. The lowest BCUT2D eigenvalue weighted by atomic mass is 10.0. The Morgan fingerprint density at radius 3 is 2.53 bits per heavy atom. The SMILES string of the molecule is Cc1oc(-c2ccccc2)nc1CCC(O)c1ccc(C[C@@H]2SC(=O)NC2=O)cc1. The number of amides is 2. The van der Waals surface area contributed by atoms with Gasteiger partial charge in [-0.05, 0) is 49.4 Å². The molecule has 0 radical (unpaired) electrons. The number of aliphatic hydroxyl groups is 1. The fourth-order valence-electron chi connectivity index (χ4n) is 3.42. The predicted molar refractivity (Wildman–Crippen MR) is 115 cm³/mol. The third-order valence-electron chi connectivity index (χ3n) is 5.12. The van der Waals surface area contributed by atoms with Crippen LogP contribution in [0, 0.1) is 6.92 Å². The molecule has 0 spiro atoms. The van der Waals surface area contributed by atoms with E-state index in [2.05, 4.69) is 10.3 Å². The summed E-state index contributed by atoms with van der Waals surface area (Å²) in [6, 6.07) is 17.3. The second-order valence-electron chi connectivity index (χ2n) is 7.27. The summed E-state index contributed by atoms with van der Waals surface area (Å²) >= 11 is 1.02. The first-order valence-corrected chi connectivity index (χ1v) is 10.7. The molecule has 7 heteroatoms. The average molecular weight is 423 g/mol. The number of oxazole rings is 1. The molecule has 3 aromatic rings. The number of imide groups is 1. The van der Waals surface area contributed by atoms with E-state index < -0.39 is 6.10 Å². The number of aliphatic hydroxyl groups excluding tert-OH is 1. The molecule has 1 aliphatic heterocycles. The molecule has 1 saturated heterocycles. The van der Waals surface area contributed by atoms with Gasteiger partial charge in [-0.15, -0.1) is 0 Å². The zero-order chi connectivity index (χ0) is 21.1. The summed E-state index contributed by atoms with van der Waals surface area (Å²) in [7, 11) is 0. The highest BCUT2D eigenvalue weighted by Crippen LogP contribution is 2.26. The molecule has 0 aliphatic carbocycles. The molecule has 1 unspecified atom stereocenters. The maximum atomic E-state index is 11.7. The standard InChI is InChI=1S/C23H22N2O4S/c1-14-18(24-22(29-14)17-5-3-2-4-6-17)11-12-19(26)16-9-7-15(8-10-16)13-20-21(27)25-23(28)30-20/h2-10,19-20,26H,11-13H2,1H3,(H,25,27,28)/t19?,20-/m0/s1. The van der Waals surface area contributed by atoms with E-state index in [1.807, 2.05) is 61.5 Å². The summed E-state index contributed by atoms with van der Waals surface area (Å²) in [6.07, 6.45) is 0.989. The smallest absolute Gasteiger partial charge is 0.286 e. The van der Waals surface area contributed by atoms with Crippen molar-refractivity contribution in [2.45, 2.75) is 37.5 Å². The van der Waals surface area contributed by atoms with Gasteiger partial charge in [0.05, 0.1) is 17.0 Å². The van der Waals surface area contributed by atoms with Crippen LogP contribution < -0.4 is 5.32 Å². The molecule has 0 saturated carbocycles. The number of nitrogens with one attached hydrogen (secondary N) is 1. The van der Waals surface area contributed by atoms with E-state index in [9.17, 15) is 14.7 Å². The Morgan fingerprint density at radius 2 is 1.87 bits per heavy atom. The molecule has 4 rings (SSSR count). The molecule has 2 N–H and O–H groups in total.